The summed E-state index contributed by atoms with van der Waals surface area (Å²) in [5.41, 5.74) is 1.21. The molecular weight excluding hydrogens is 242 g/mol. The van der Waals surface area contributed by atoms with Crippen LogP contribution in [0.25, 0.3) is 11.3 Å². The van der Waals surface area contributed by atoms with Crippen LogP contribution in [0.15, 0.2) is 22.6 Å². The molecule has 1 heterocycles. The molecule has 1 aromatic heterocycles. The van der Waals surface area contributed by atoms with Crippen LogP contribution in [0.4, 0.5) is 0 Å². The predicted octanol–water partition coefficient (Wildman–Crippen LogP) is 3.12. The van der Waals surface area contributed by atoms with E-state index < -0.39 is 0 Å². The van der Waals surface area contributed by atoms with Crippen molar-refractivity contribution in [2.45, 2.75) is 6.92 Å². The molecule has 0 unspecified atom stereocenters. The predicted molar refractivity (Wildman–Crippen MR) is 63.6 cm³/mol. The molecule has 0 aliphatic heterocycles. The van der Waals surface area contributed by atoms with E-state index >= 15 is 0 Å². The first-order valence-corrected chi connectivity index (χ1v) is 5.30. The molecule has 0 bridgehead atoms. The highest BCUT2D eigenvalue weighted by molar-refractivity contribution is 6.32. The Hall–Kier alpha value is -1.81. The zero-order valence-electron chi connectivity index (χ0n) is 9.36. The second kappa shape index (κ2) is 4.59. The molecule has 17 heavy (non-hydrogen) atoms. The van der Waals surface area contributed by atoms with Gasteiger partial charge in [-0.25, -0.2) is 4.98 Å². The fraction of sp³-hybridized carbons (Fsp3) is 0.167. The fourth-order valence-corrected chi connectivity index (χ4v) is 1.80. The van der Waals surface area contributed by atoms with Crippen molar-refractivity contribution in [1.29, 1.82) is 0 Å². The number of halogens is 1. The molecule has 0 saturated carbocycles. The highest BCUT2D eigenvalue weighted by Gasteiger charge is 2.13. The van der Waals surface area contributed by atoms with E-state index in [0.29, 0.717) is 28.6 Å². The van der Waals surface area contributed by atoms with Crippen LogP contribution < -0.4 is 4.74 Å². The van der Waals surface area contributed by atoms with E-state index in [9.17, 15) is 4.79 Å². The molecule has 88 valence electrons. The quantitative estimate of drug-likeness (QED) is 0.787. The lowest BCUT2D eigenvalue weighted by Crippen LogP contribution is -1.87. The van der Waals surface area contributed by atoms with Crippen LogP contribution in [0.1, 0.15) is 16.4 Å². The van der Waals surface area contributed by atoms with Gasteiger partial charge in [0.25, 0.3) is 0 Å². The lowest BCUT2D eigenvalue weighted by Gasteiger charge is -2.04. The Balaban J connectivity index is 2.52. The molecule has 0 spiro atoms. The molecule has 0 aliphatic carbocycles. The Bertz CT molecular complexity index is 563. The SMILES string of the molecule is COc1ccc(-c2nc(C)oc2C=O)cc1Cl. The maximum atomic E-state index is 10.8. The number of aryl methyl sites for hydroxylation is 1. The third-order valence-electron chi connectivity index (χ3n) is 2.29. The Morgan fingerprint density at radius 2 is 2.24 bits per heavy atom. The minimum absolute atomic E-state index is 0.198. The van der Waals surface area contributed by atoms with Crippen LogP contribution in [-0.2, 0) is 0 Å². The van der Waals surface area contributed by atoms with Gasteiger partial charge in [-0.2, -0.15) is 0 Å². The van der Waals surface area contributed by atoms with Gasteiger partial charge in [-0.05, 0) is 18.2 Å². The number of benzene rings is 1. The van der Waals surface area contributed by atoms with Crippen LogP contribution in [0.5, 0.6) is 5.75 Å². The Morgan fingerprint density at radius 1 is 1.47 bits per heavy atom. The van der Waals surface area contributed by atoms with Gasteiger partial charge in [0, 0.05) is 12.5 Å². The van der Waals surface area contributed by atoms with Crippen LogP contribution >= 0.6 is 11.6 Å². The smallest absolute Gasteiger partial charge is 0.195 e. The number of nitrogens with zero attached hydrogens (tertiary/aromatic N) is 1. The molecule has 0 aliphatic rings. The van der Waals surface area contributed by atoms with E-state index in [-0.39, 0.29) is 5.76 Å². The average molecular weight is 252 g/mol. The van der Waals surface area contributed by atoms with Crippen molar-refractivity contribution in [3.63, 3.8) is 0 Å². The van der Waals surface area contributed by atoms with Gasteiger partial charge in [0.1, 0.15) is 11.4 Å². The third-order valence-corrected chi connectivity index (χ3v) is 2.59. The normalized spacial score (nSPS) is 10.3. The zero-order chi connectivity index (χ0) is 12.4. The number of ether oxygens (including phenoxy) is 1. The molecule has 0 fully saturated rings. The van der Waals surface area contributed by atoms with Crippen molar-refractivity contribution >= 4 is 17.9 Å². The number of aromatic nitrogens is 1. The third kappa shape index (κ3) is 2.17. The summed E-state index contributed by atoms with van der Waals surface area (Å²) in [5, 5.41) is 0.461. The molecular formula is C12H10ClNO3. The van der Waals surface area contributed by atoms with Gasteiger partial charge in [-0.1, -0.05) is 11.6 Å². The van der Waals surface area contributed by atoms with Gasteiger partial charge in [-0.3, -0.25) is 4.79 Å². The van der Waals surface area contributed by atoms with Crippen molar-refractivity contribution in [3.8, 4) is 17.0 Å². The molecule has 0 amide bonds. The number of oxazole rings is 1. The van der Waals surface area contributed by atoms with Gasteiger partial charge in [-0.15, -0.1) is 0 Å². The van der Waals surface area contributed by atoms with E-state index in [2.05, 4.69) is 4.98 Å². The minimum Gasteiger partial charge on any atom is -0.495 e. The molecule has 0 atom stereocenters. The Morgan fingerprint density at radius 3 is 2.82 bits per heavy atom. The van der Waals surface area contributed by atoms with Gasteiger partial charge in [0.15, 0.2) is 17.9 Å². The lowest BCUT2D eigenvalue weighted by molar-refractivity contribution is 0.110. The van der Waals surface area contributed by atoms with E-state index in [4.69, 9.17) is 20.8 Å². The first-order chi connectivity index (χ1) is 8.15. The second-order valence-electron chi connectivity index (χ2n) is 3.41. The lowest BCUT2D eigenvalue weighted by atomic mass is 10.1. The first kappa shape index (κ1) is 11.7. The molecule has 2 aromatic rings. The molecule has 0 radical (unpaired) electrons. The summed E-state index contributed by atoms with van der Waals surface area (Å²) < 4.78 is 10.2. The van der Waals surface area contributed by atoms with Crippen LogP contribution in [0.2, 0.25) is 5.02 Å². The molecule has 4 nitrogen and oxygen atoms in total. The van der Waals surface area contributed by atoms with Crippen LogP contribution in [0.3, 0.4) is 0 Å². The second-order valence-corrected chi connectivity index (χ2v) is 3.82. The van der Waals surface area contributed by atoms with E-state index in [1.165, 1.54) is 7.11 Å². The zero-order valence-corrected chi connectivity index (χ0v) is 10.1. The summed E-state index contributed by atoms with van der Waals surface area (Å²) in [6, 6.07) is 5.18. The maximum Gasteiger partial charge on any atom is 0.195 e. The van der Waals surface area contributed by atoms with Crippen LogP contribution in [-0.4, -0.2) is 18.4 Å². The Kier molecular flexibility index (Phi) is 3.15. The molecule has 2 rings (SSSR count). The summed E-state index contributed by atoms with van der Waals surface area (Å²) in [5.74, 6) is 1.21. The molecule has 1 aromatic carbocycles. The van der Waals surface area contributed by atoms with E-state index in [1.807, 2.05) is 0 Å². The van der Waals surface area contributed by atoms with E-state index in [1.54, 1.807) is 25.1 Å². The summed E-state index contributed by atoms with van der Waals surface area (Å²) in [6.07, 6.45) is 0.632. The number of hydrogen-bond donors (Lipinski definition) is 0. The van der Waals surface area contributed by atoms with Gasteiger partial charge < -0.3 is 9.15 Å². The summed E-state index contributed by atoms with van der Waals surface area (Å²) in [4.78, 5) is 15.0. The summed E-state index contributed by atoms with van der Waals surface area (Å²) in [6.45, 7) is 1.68. The minimum atomic E-state index is 0.198. The molecule has 0 saturated heterocycles. The number of carbonyl (C=O) groups excluding carboxylic acids is 1. The summed E-state index contributed by atoms with van der Waals surface area (Å²) >= 11 is 6.01. The average Bonchev–Trinajstić information content (AvgIpc) is 2.70. The highest BCUT2D eigenvalue weighted by atomic mass is 35.5. The van der Waals surface area contributed by atoms with Gasteiger partial charge >= 0.3 is 0 Å². The standard InChI is InChI=1S/C12H10ClNO3/c1-7-14-12(11(6-15)17-7)8-3-4-10(16-2)9(13)5-8/h3-6H,1-2H3. The number of methoxy groups -OCH3 is 1. The van der Waals surface area contributed by atoms with Crippen LogP contribution in [0, 0.1) is 6.92 Å². The number of rotatable bonds is 3. The molecule has 5 heteroatoms. The van der Waals surface area contributed by atoms with Crippen molar-refractivity contribution in [1.82, 2.24) is 4.98 Å². The number of aldehydes is 1. The first-order valence-electron chi connectivity index (χ1n) is 4.92. The van der Waals surface area contributed by atoms with E-state index in [0.717, 1.165) is 5.56 Å². The van der Waals surface area contributed by atoms with Crippen molar-refractivity contribution in [2.24, 2.45) is 0 Å². The van der Waals surface area contributed by atoms with Gasteiger partial charge in [0.2, 0.25) is 0 Å². The van der Waals surface area contributed by atoms with Crippen molar-refractivity contribution < 1.29 is 13.9 Å². The number of carbonyl (C=O) groups is 1. The highest BCUT2D eigenvalue weighted by Crippen LogP contribution is 2.31. The largest absolute Gasteiger partial charge is 0.495 e. The topological polar surface area (TPSA) is 52.3 Å². The fourth-order valence-electron chi connectivity index (χ4n) is 1.54. The number of hydrogen-bond acceptors (Lipinski definition) is 4. The van der Waals surface area contributed by atoms with Gasteiger partial charge in [0.05, 0.1) is 12.1 Å². The summed E-state index contributed by atoms with van der Waals surface area (Å²) in [7, 11) is 1.54. The van der Waals surface area contributed by atoms with Crippen molar-refractivity contribution in [2.75, 3.05) is 7.11 Å². The monoisotopic (exact) mass is 251 g/mol. The molecule has 0 N–H and O–H groups in total. The maximum absolute atomic E-state index is 10.8. The Labute approximate surface area is 103 Å². The van der Waals surface area contributed by atoms with Crippen molar-refractivity contribution in [3.05, 3.63) is 34.9 Å².